The third-order valence-corrected chi connectivity index (χ3v) is 13.2. The van der Waals surface area contributed by atoms with Crippen LogP contribution in [0.2, 0.25) is 0 Å². The zero-order valence-electron chi connectivity index (χ0n) is 56.8. The summed E-state index contributed by atoms with van der Waals surface area (Å²) in [6.07, 6.45) is 36.2. The summed E-state index contributed by atoms with van der Waals surface area (Å²) < 4.78 is 0. The van der Waals surface area contributed by atoms with Crippen molar-refractivity contribution in [3.63, 3.8) is 0 Å². The molecular weight excluding hydrogens is 1550 g/mol. The number of alkyl halides is 6. The third-order valence-electron chi connectivity index (χ3n) is 11.9. The van der Waals surface area contributed by atoms with E-state index in [9.17, 15) is 15.3 Å². The molecule has 5 nitrogen and oxygen atoms in total. The average Bonchev–Trinajstić information content (AvgIpc) is 3.28. The van der Waals surface area contributed by atoms with E-state index < -0.39 is 16.8 Å². The van der Waals surface area contributed by atoms with Crippen LogP contribution in [0.4, 0.5) is 0 Å². The molecule has 2 radical (unpaired) electrons. The van der Waals surface area contributed by atoms with Crippen LogP contribution in [0.5, 0.6) is 0 Å². The van der Waals surface area contributed by atoms with Gasteiger partial charge in [0.2, 0.25) is 0 Å². The Kier molecular flexibility index (Phi) is 74.6. The number of halogens is 6. The first-order chi connectivity index (χ1) is 36.7. The van der Waals surface area contributed by atoms with Gasteiger partial charge in [-0.3, -0.25) is 0 Å². The van der Waals surface area contributed by atoms with E-state index in [1.807, 2.05) is 59.8 Å². The molecule has 0 saturated carbocycles. The zero-order chi connectivity index (χ0) is 65.2. The molecule has 0 rings (SSSR count). The summed E-state index contributed by atoms with van der Waals surface area (Å²) in [5.74, 6) is 1.24. The molecule has 0 aliphatic heterocycles. The Balaban J connectivity index is -0.000000110. The second-order valence-corrected chi connectivity index (χ2v) is 30.0. The van der Waals surface area contributed by atoms with Gasteiger partial charge in [-0.2, -0.15) is 0 Å². The van der Waals surface area contributed by atoms with Gasteiger partial charge in [0.15, 0.2) is 0 Å². The molecular formula is C70H128Cl6O5PaTa. The van der Waals surface area contributed by atoms with E-state index in [-0.39, 0.29) is 87.4 Å². The molecule has 0 aliphatic carbocycles. The number of rotatable bonds is 33. The molecule has 0 aromatic heterocycles. The predicted octanol–water partition coefficient (Wildman–Crippen LogP) is 23.0. The summed E-state index contributed by atoms with van der Waals surface area (Å²) in [6, 6.07) is 0. The van der Waals surface area contributed by atoms with Gasteiger partial charge in [0, 0.05) is 81.1 Å². The van der Waals surface area contributed by atoms with Gasteiger partial charge in [0.25, 0.3) is 0 Å². The minimum absolute atomic E-state index is 0. The van der Waals surface area contributed by atoms with Gasteiger partial charge in [-0.25, -0.2) is 0 Å². The SMILES string of the molecule is C/C(=C\CCl)CCCC(C)(C)Cl.C/C(=C\CCl)CCCC(C)(C)Cl.C/C(=C\CO)CCCC(C)(C)O.C=CC(=C)CCC=C(C)C.C=CC(C)(Cl)CCCC(C)(C)Cl.C=CC(C)(O)CCCC(C)(C)O.CC(C)=CCC/C(C)=C/CO.[Pa].[Ta]. The van der Waals surface area contributed by atoms with Gasteiger partial charge in [0.1, 0.15) is 0 Å². The Bertz CT molecular complexity index is 1630. The van der Waals surface area contributed by atoms with Crippen molar-refractivity contribution >= 4 is 69.6 Å². The number of allylic oxidation sites excluding steroid dienone is 13. The Hall–Kier alpha value is 0.771. The second kappa shape index (κ2) is 60.3. The molecule has 0 fully saturated rings. The summed E-state index contributed by atoms with van der Waals surface area (Å²) in [5, 5.41) is 45.4. The van der Waals surface area contributed by atoms with Crippen LogP contribution < -0.4 is 0 Å². The van der Waals surface area contributed by atoms with Crippen LogP contribution in [0, 0.1) is 32.3 Å². The van der Waals surface area contributed by atoms with Crippen molar-refractivity contribution in [3.05, 3.63) is 120 Å². The van der Waals surface area contributed by atoms with Crippen molar-refractivity contribution in [1.82, 2.24) is 0 Å². The van der Waals surface area contributed by atoms with Crippen molar-refractivity contribution in [2.45, 2.75) is 297 Å². The van der Waals surface area contributed by atoms with Crippen LogP contribution in [0.15, 0.2) is 120 Å². The number of hydrogen-bond donors (Lipinski definition) is 5. The minimum atomic E-state index is -0.786. The van der Waals surface area contributed by atoms with Crippen LogP contribution >= 0.6 is 69.6 Å². The molecule has 488 valence electrons. The van der Waals surface area contributed by atoms with E-state index in [0.717, 1.165) is 115 Å². The summed E-state index contributed by atoms with van der Waals surface area (Å²) in [6.45, 7) is 54.8. The first-order valence-corrected chi connectivity index (χ1v) is 32.0. The normalized spacial score (nSPS) is 13.4. The monoisotopic (exact) mass is 1670 g/mol. The van der Waals surface area contributed by atoms with E-state index in [4.69, 9.17) is 79.8 Å². The Morgan fingerprint density at radius 2 is 0.711 bits per heavy atom. The van der Waals surface area contributed by atoms with Crippen LogP contribution in [-0.4, -0.2) is 86.8 Å². The molecule has 2 unspecified atom stereocenters. The van der Waals surface area contributed by atoms with Crippen molar-refractivity contribution < 1.29 is 80.2 Å². The molecule has 83 heavy (non-hydrogen) atoms. The van der Waals surface area contributed by atoms with E-state index in [1.165, 1.54) is 39.5 Å². The first kappa shape index (κ1) is 103. The Morgan fingerprint density at radius 3 is 1.00 bits per heavy atom. The minimum Gasteiger partial charge on any atom is -0.392 e. The fourth-order valence-corrected chi connectivity index (χ4v) is 7.59. The van der Waals surface area contributed by atoms with Crippen LogP contribution in [0.25, 0.3) is 0 Å². The molecule has 0 spiro atoms. The summed E-state index contributed by atoms with van der Waals surface area (Å²) in [5.41, 5.74) is 7.09. The van der Waals surface area contributed by atoms with Crippen molar-refractivity contribution in [3.8, 4) is 0 Å². The van der Waals surface area contributed by atoms with E-state index in [0.29, 0.717) is 24.6 Å². The maximum absolute atomic E-state index is 9.52. The first-order valence-electron chi connectivity index (χ1n) is 29.5. The quantitative estimate of drug-likeness (QED) is 0.0256. The van der Waals surface area contributed by atoms with Gasteiger partial charge >= 0.3 is 0 Å². The standard InChI is InChI=1S/3C10H18Cl2.2C10H20O2.C10H18O.C10H16.Pa.Ta/c2*1-9(6-8-11)5-4-7-10(2,3)12;1-5-10(4,12)8-6-7-9(2,3)11;1-9(6-8-11)5-4-7-10(2,3)12;1-5-10(4,12)8-6-7-9(2,3)11;1-9(2)5-4-6-10(3)7-8-11;1-5-10(4)8-6-7-9(2)3;;/h2*6H,4-5,7-8H2,1-3H3;5H,1,6-8H2,2-4H3;6,11-12H,4-5,7-8H2,1-3H3;5,11-12H,1,6-8H2,2-4H3;5,7,11H,4,6,8H2,1-3H3;5,7H,1,4,6,8H2,2-3H3;;/b2*9-6+;;9-6+;;10-7+;;;. The number of hydrogen-bond acceptors (Lipinski definition) is 5. The topological polar surface area (TPSA) is 101 Å². The molecule has 0 bridgehead atoms. The Labute approximate surface area is 585 Å². The fourth-order valence-electron chi connectivity index (χ4n) is 6.53. The van der Waals surface area contributed by atoms with E-state index >= 15 is 0 Å². The Morgan fingerprint density at radius 1 is 0.410 bits per heavy atom. The third kappa shape index (κ3) is 111. The van der Waals surface area contributed by atoms with Gasteiger partial charge in [-0.1, -0.05) is 107 Å². The largest absolute Gasteiger partial charge is 0.392 e. The number of aliphatic hydroxyl groups excluding tert-OH is 2. The molecule has 0 aromatic carbocycles. The molecule has 13 heteroatoms. The van der Waals surface area contributed by atoms with Crippen molar-refractivity contribution in [1.29, 1.82) is 0 Å². The zero-order valence-corrected chi connectivity index (χ0v) is 69.4. The molecule has 0 saturated heterocycles. The molecule has 2 atom stereocenters. The fraction of sp³-hybridized carbons (Fsp3) is 0.714. The van der Waals surface area contributed by atoms with Crippen molar-refractivity contribution in [2.75, 3.05) is 25.0 Å². The molecule has 5 N–H and O–H groups in total. The van der Waals surface area contributed by atoms with Crippen molar-refractivity contribution in [2.24, 2.45) is 0 Å². The van der Waals surface area contributed by atoms with Gasteiger partial charge < -0.3 is 25.5 Å². The van der Waals surface area contributed by atoms with Crippen LogP contribution in [0.1, 0.15) is 260 Å². The maximum Gasteiger partial charge on any atom is 0.0797 e. The van der Waals surface area contributed by atoms with Crippen LogP contribution in [0.3, 0.4) is 0 Å². The average molecular weight is 1670 g/mol. The second-order valence-electron chi connectivity index (χ2n) is 25.5. The summed E-state index contributed by atoms with van der Waals surface area (Å²) >= 11 is 35.3. The predicted molar refractivity (Wildman–Crippen MR) is 374 cm³/mol. The maximum atomic E-state index is 9.52. The van der Waals surface area contributed by atoms with E-state index in [1.54, 1.807) is 26.8 Å². The van der Waals surface area contributed by atoms with Gasteiger partial charge in [0.05, 0.1) is 34.9 Å². The molecule has 0 aromatic rings. The smallest absolute Gasteiger partial charge is 0.0797 e. The van der Waals surface area contributed by atoms with Gasteiger partial charge in [-0.05, 0) is 260 Å². The molecule has 0 heterocycles. The number of aliphatic hydroxyl groups is 5. The summed E-state index contributed by atoms with van der Waals surface area (Å²) in [4.78, 5) is -0.473. The van der Waals surface area contributed by atoms with Gasteiger partial charge in [-0.15, -0.1) is 82.8 Å². The summed E-state index contributed by atoms with van der Waals surface area (Å²) in [7, 11) is 0. The molecule has 0 amide bonds. The van der Waals surface area contributed by atoms with Crippen LogP contribution in [-0.2, 0) is 22.4 Å². The molecule has 0 aliphatic rings. The van der Waals surface area contributed by atoms with E-state index in [2.05, 4.69) is 127 Å².